The highest BCUT2D eigenvalue weighted by molar-refractivity contribution is 5.88. The lowest BCUT2D eigenvalue weighted by Crippen LogP contribution is -2.18. The molecule has 0 aromatic heterocycles. The Morgan fingerprint density at radius 2 is 1.63 bits per heavy atom. The van der Waals surface area contributed by atoms with E-state index in [1.54, 1.807) is 18.2 Å². The standard InChI is InChI=1S/C22H20N2O3/c1-26-21-11-10-14(23)12-20(21)24-22(25)27-13-19-17-8-4-2-6-15(17)16-7-3-5-9-18(16)19/h2-12,19H,13,23H2,1H3,(H,24,25). The molecule has 1 aliphatic rings. The molecule has 3 aromatic carbocycles. The van der Waals surface area contributed by atoms with E-state index >= 15 is 0 Å². The van der Waals surface area contributed by atoms with Crippen LogP contribution in [0.1, 0.15) is 17.0 Å². The van der Waals surface area contributed by atoms with Gasteiger partial charge in [0.1, 0.15) is 12.4 Å². The summed E-state index contributed by atoms with van der Waals surface area (Å²) in [6, 6.07) is 21.5. The lowest BCUT2D eigenvalue weighted by atomic mass is 9.98. The number of carbonyl (C=O) groups is 1. The van der Waals surface area contributed by atoms with Gasteiger partial charge in [-0.05, 0) is 40.5 Å². The quantitative estimate of drug-likeness (QED) is 0.665. The molecule has 0 unspecified atom stereocenters. The van der Waals surface area contributed by atoms with E-state index in [0.717, 1.165) is 0 Å². The van der Waals surface area contributed by atoms with Crippen molar-refractivity contribution in [2.75, 3.05) is 24.8 Å². The molecular weight excluding hydrogens is 340 g/mol. The number of nitrogens with one attached hydrogen (secondary N) is 1. The molecule has 136 valence electrons. The molecule has 0 radical (unpaired) electrons. The number of ether oxygens (including phenoxy) is 2. The number of hydrogen-bond acceptors (Lipinski definition) is 4. The topological polar surface area (TPSA) is 73.6 Å². The molecule has 0 heterocycles. The monoisotopic (exact) mass is 360 g/mol. The van der Waals surface area contributed by atoms with E-state index in [4.69, 9.17) is 15.2 Å². The van der Waals surface area contributed by atoms with Crippen molar-refractivity contribution in [3.63, 3.8) is 0 Å². The van der Waals surface area contributed by atoms with Gasteiger partial charge in [0.15, 0.2) is 0 Å². The Morgan fingerprint density at radius 1 is 1.00 bits per heavy atom. The normalized spacial score (nSPS) is 12.2. The smallest absolute Gasteiger partial charge is 0.411 e. The van der Waals surface area contributed by atoms with Crippen LogP contribution in [0.2, 0.25) is 0 Å². The van der Waals surface area contributed by atoms with E-state index in [1.807, 2.05) is 24.3 Å². The fraction of sp³-hybridized carbons (Fsp3) is 0.136. The average molecular weight is 360 g/mol. The van der Waals surface area contributed by atoms with Crippen molar-refractivity contribution >= 4 is 17.5 Å². The molecule has 0 fully saturated rings. The minimum atomic E-state index is -0.541. The fourth-order valence-corrected chi connectivity index (χ4v) is 3.57. The lowest BCUT2D eigenvalue weighted by molar-refractivity contribution is 0.158. The van der Waals surface area contributed by atoms with E-state index < -0.39 is 6.09 Å². The summed E-state index contributed by atoms with van der Waals surface area (Å²) < 4.78 is 10.8. The molecule has 1 amide bonds. The predicted octanol–water partition coefficient (Wildman–Crippen LogP) is 4.64. The highest BCUT2D eigenvalue weighted by Crippen LogP contribution is 2.44. The van der Waals surface area contributed by atoms with E-state index in [9.17, 15) is 4.79 Å². The maximum absolute atomic E-state index is 12.3. The zero-order valence-electron chi connectivity index (χ0n) is 14.9. The summed E-state index contributed by atoms with van der Waals surface area (Å²) in [6.45, 7) is 0.254. The number of benzene rings is 3. The number of carbonyl (C=O) groups excluding carboxylic acids is 1. The summed E-state index contributed by atoms with van der Waals surface area (Å²) in [4.78, 5) is 12.3. The van der Waals surface area contributed by atoms with E-state index in [2.05, 4.69) is 29.6 Å². The van der Waals surface area contributed by atoms with E-state index in [-0.39, 0.29) is 12.5 Å². The Hall–Kier alpha value is -3.47. The van der Waals surface area contributed by atoms with Crippen molar-refractivity contribution in [2.24, 2.45) is 0 Å². The number of anilines is 2. The Morgan fingerprint density at radius 3 is 2.26 bits per heavy atom. The molecule has 0 spiro atoms. The number of nitrogen functional groups attached to an aromatic ring is 1. The highest BCUT2D eigenvalue weighted by atomic mass is 16.5. The van der Waals surface area contributed by atoms with Gasteiger partial charge in [-0.3, -0.25) is 5.32 Å². The number of fused-ring (bicyclic) bond motifs is 3. The van der Waals surface area contributed by atoms with Crippen molar-refractivity contribution in [2.45, 2.75) is 5.92 Å². The zero-order valence-corrected chi connectivity index (χ0v) is 14.9. The van der Waals surface area contributed by atoms with Crippen molar-refractivity contribution in [3.8, 4) is 16.9 Å². The lowest BCUT2D eigenvalue weighted by Gasteiger charge is -2.15. The fourth-order valence-electron chi connectivity index (χ4n) is 3.57. The Bertz CT molecular complexity index is 955. The summed E-state index contributed by atoms with van der Waals surface area (Å²) in [5.74, 6) is 0.545. The summed E-state index contributed by atoms with van der Waals surface area (Å²) in [6.07, 6.45) is -0.541. The SMILES string of the molecule is COc1ccc(N)cc1NC(=O)OCC1c2ccccc2-c2ccccc21. The second kappa shape index (κ2) is 7.03. The maximum atomic E-state index is 12.3. The first kappa shape index (κ1) is 17.0. The highest BCUT2D eigenvalue weighted by Gasteiger charge is 2.29. The first-order valence-corrected chi connectivity index (χ1v) is 8.73. The molecule has 0 saturated heterocycles. The summed E-state index contributed by atoms with van der Waals surface area (Å²) in [7, 11) is 1.54. The van der Waals surface area contributed by atoms with Crippen LogP contribution in [-0.4, -0.2) is 19.8 Å². The molecule has 0 bridgehead atoms. The number of methoxy groups -OCH3 is 1. The third-order valence-electron chi connectivity index (χ3n) is 4.80. The van der Waals surface area contributed by atoms with Crippen LogP contribution in [0, 0.1) is 0 Å². The van der Waals surface area contributed by atoms with E-state index in [1.165, 1.54) is 29.4 Å². The van der Waals surface area contributed by atoms with Crippen LogP contribution >= 0.6 is 0 Å². The summed E-state index contributed by atoms with van der Waals surface area (Å²) in [5.41, 5.74) is 11.5. The molecule has 0 saturated carbocycles. The maximum Gasteiger partial charge on any atom is 0.411 e. The van der Waals surface area contributed by atoms with E-state index in [0.29, 0.717) is 17.1 Å². The van der Waals surface area contributed by atoms with Crippen LogP contribution in [-0.2, 0) is 4.74 Å². The summed E-state index contributed by atoms with van der Waals surface area (Å²) >= 11 is 0. The molecular formula is C22H20N2O3. The van der Waals surface area contributed by atoms with Gasteiger partial charge in [-0.25, -0.2) is 4.79 Å². The molecule has 4 rings (SSSR count). The molecule has 5 nitrogen and oxygen atoms in total. The molecule has 3 aromatic rings. The minimum Gasteiger partial charge on any atom is -0.495 e. The number of rotatable bonds is 4. The zero-order chi connectivity index (χ0) is 18.8. The van der Waals surface area contributed by atoms with Gasteiger partial charge in [0.05, 0.1) is 12.8 Å². The molecule has 0 atom stereocenters. The molecule has 5 heteroatoms. The number of amides is 1. The van der Waals surface area contributed by atoms with Gasteiger partial charge in [-0.2, -0.15) is 0 Å². The summed E-state index contributed by atoms with van der Waals surface area (Å²) in [5, 5.41) is 2.71. The second-order valence-corrected chi connectivity index (χ2v) is 6.41. The average Bonchev–Trinajstić information content (AvgIpc) is 3.00. The van der Waals surface area contributed by atoms with Gasteiger partial charge >= 0.3 is 6.09 Å². The van der Waals surface area contributed by atoms with Gasteiger partial charge in [-0.15, -0.1) is 0 Å². The first-order chi connectivity index (χ1) is 13.2. The van der Waals surface area contributed by atoms with Crippen LogP contribution in [0.25, 0.3) is 11.1 Å². The van der Waals surface area contributed by atoms with Crippen molar-refractivity contribution in [1.29, 1.82) is 0 Å². The largest absolute Gasteiger partial charge is 0.495 e. The van der Waals surface area contributed by atoms with Crippen molar-refractivity contribution in [3.05, 3.63) is 77.9 Å². The molecule has 1 aliphatic carbocycles. The van der Waals surface area contributed by atoms with Crippen LogP contribution in [0.4, 0.5) is 16.2 Å². The van der Waals surface area contributed by atoms with Gasteiger partial charge in [-0.1, -0.05) is 48.5 Å². The van der Waals surface area contributed by atoms with Gasteiger partial charge < -0.3 is 15.2 Å². The minimum absolute atomic E-state index is 0.0193. The first-order valence-electron chi connectivity index (χ1n) is 8.73. The Kier molecular flexibility index (Phi) is 4.42. The Balaban J connectivity index is 1.51. The third kappa shape index (κ3) is 3.19. The van der Waals surface area contributed by atoms with Crippen LogP contribution in [0.5, 0.6) is 5.75 Å². The van der Waals surface area contributed by atoms with Gasteiger partial charge in [0.25, 0.3) is 0 Å². The van der Waals surface area contributed by atoms with Crippen LogP contribution in [0.15, 0.2) is 66.7 Å². The second-order valence-electron chi connectivity index (χ2n) is 6.41. The van der Waals surface area contributed by atoms with Crippen LogP contribution in [0.3, 0.4) is 0 Å². The predicted molar refractivity (Wildman–Crippen MR) is 106 cm³/mol. The Labute approximate surface area is 157 Å². The number of nitrogens with two attached hydrogens (primary N) is 1. The molecule has 3 N–H and O–H groups in total. The van der Waals surface area contributed by atoms with Gasteiger partial charge in [0, 0.05) is 11.6 Å². The van der Waals surface area contributed by atoms with Gasteiger partial charge in [0.2, 0.25) is 0 Å². The third-order valence-corrected chi connectivity index (χ3v) is 4.80. The molecule has 27 heavy (non-hydrogen) atoms. The number of hydrogen-bond donors (Lipinski definition) is 2. The van der Waals surface area contributed by atoms with Crippen molar-refractivity contribution < 1.29 is 14.3 Å². The van der Waals surface area contributed by atoms with Crippen molar-refractivity contribution in [1.82, 2.24) is 0 Å². The van der Waals surface area contributed by atoms with Crippen LogP contribution < -0.4 is 15.8 Å². The molecule has 0 aliphatic heterocycles.